The minimum Gasteiger partial charge on any atom is -0.346 e. The molecule has 0 unspecified atom stereocenters. The topological polar surface area (TPSA) is 70.7 Å². The van der Waals surface area contributed by atoms with Crippen molar-refractivity contribution in [3.05, 3.63) is 70.3 Å². The van der Waals surface area contributed by atoms with Gasteiger partial charge < -0.3 is 5.32 Å². The number of hydrogen-bond donors (Lipinski definition) is 2. The number of nitrogens with zero attached hydrogens (tertiary/aromatic N) is 2. The van der Waals surface area contributed by atoms with E-state index in [1.807, 2.05) is 54.6 Å². The van der Waals surface area contributed by atoms with Crippen LogP contribution in [0, 0.1) is 0 Å². The van der Waals surface area contributed by atoms with E-state index < -0.39 is 0 Å². The fourth-order valence-electron chi connectivity index (χ4n) is 2.09. The molecule has 1 aromatic heterocycles. The Morgan fingerprint density at radius 2 is 1.77 bits per heavy atom. The van der Waals surface area contributed by atoms with Gasteiger partial charge in [0.2, 0.25) is 0 Å². The van der Waals surface area contributed by atoms with Crippen LogP contribution >= 0.6 is 15.9 Å². The molecule has 22 heavy (non-hydrogen) atoms. The third kappa shape index (κ3) is 3.07. The lowest BCUT2D eigenvalue weighted by Gasteiger charge is -2.06. The van der Waals surface area contributed by atoms with Gasteiger partial charge in [-0.25, -0.2) is 0 Å². The molecule has 0 saturated heterocycles. The van der Waals surface area contributed by atoms with Crippen molar-refractivity contribution in [1.82, 2.24) is 20.7 Å². The molecule has 5 nitrogen and oxygen atoms in total. The standard InChI is InChI=1S/C16H13BrN4O/c17-13-9-5-4-8-12(13)10-18-16(22)15-14(19-21-20-15)11-6-2-1-3-7-11/h1-9H,10H2,(H,18,22)(H,19,20,21). The SMILES string of the molecule is O=C(NCc1ccccc1Br)c1n[nH]nc1-c1ccccc1. The quantitative estimate of drug-likeness (QED) is 0.754. The third-order valence-electron chi connectivity index (χ3n) is 3.21. The van der Waals surface area contributed by atoms with Crippen LogP contribution in [-0.4, -0.2) is 21.3 Å². The van der Waals surface area contributed by atoms with E-state index in [4.69, 9.17) is 0 Å². The van der Waals surface area contributed by atoms with Crippen molar-refractivity contribution in [1.29, 1.82) is 0 Å². The largest absolute Gasteiger partial charge is 0.346 e. The van der Waals surface area contributed by atoms with Gasteiger partial charge in [-0.15, -0.1) is 0 Å². The molecule has 110 valence electrons. The first-order valence-electron chi connectivity index (χ1n) is 6.73. The summed E-state index contributed by atoms with van der Waals surface area (Å²) < 4.78 is 0.957. The molecule has 6 heteroatoms. The first kappa shape index (κ1) is 14.5. The second-order valence-electron chi connectivity index (χ2n) is 4.66. The van der Waals surface area contributed by atoms with Gasteiger partial charge in [0.1, 0.15) is 5.69 Å². The second-order valence-corrected chi connectivity index (χ2v) is 5.52. The van der Waals surface area contributed by atoms with E-state index in [1.165, 1.54) is 0 Å². The van der Waals surface area contributed by atoms with Crippen molar-refractivity contribution in [3.63, 3.8) is 0 Å². The number of carbonyl (C=O) groups is 1. The average molecular weight is 357 g/mol. The number of rotatable bonds is 4. The molecule has 0 fully saturated rings. The summed E-state index contributed by atoms with van der Waals surface area (Å²) in [5, 5.41) is 13.4. The van der Waals surface area contributed by atoms with Crippen molar-refractivity contribution in [2.24, 2.45) is 0 Å². The maximum atomic E-state index is 12.3. The zero-order valence-electron chi connectivity index (χ0n) is 11.6. The Balaban J connectivity index is 1.77. The van der Waals surface area contributed by atoms with E-state index in [9.17, 15) is 4.79 Å². The fraction of sp³-hybridized carbons (Fsp3) is 0.0625. The van der Waals surface area contributed by atoms with E-state index in [2.05, 4.69) is 36.7 Å². The molecule has 0 atom stereocenters. The number of amides is 1. The monoisotopic (exact) mass is 356 g/mol. The molecule has 1 heterocycles. The second kappa shape index (κ2) is 6.53. The third-order valence-corrected chi connectivity index (χ3v) is 3.98. The normalized spacial score (nSPS) is 10.4. The summed E-state index contributed by atoms with van der Waals surface area (Å²) in [6.45, 7) is 0.418. The number of benzene rings is 2. The van der Waals surface area contributed by atoms with Gasteiger partial charge in [0.25, 0.3) is 5.91 Å². The van der Waals surface area contributed by atoms with Crippen LogP contribution in [0.3, 0.4) is 0 Å². The Kier molecular flexibility index (Phi) is 4.29. The highest BCUT2D eigenvalue weighted by molar-refractivity contribution is 9.10. The number of halogens is 1. The van der Waals surface area contributed by atoms with Crippen molar-refractivity contribution < 1.29 is 4.79 Å². The molecule has 3 aromatic rings. The van der Waals surface area contributed by atoms with Crippen LogP contribution in [0.5, 0.6) is 0 Å². The summed E-state index contributed by atoms with van der Waals surface area (Å²) in [5.74, 6) is -0.261. The smallest absolute Gasteiger partial charge is 0.274 e. The zero-order valence-corrected chi connectivity index (χ0v) is 13.2. The summed E-state index contributed by atoms with van der Waals surface area (Å²) in [7, 11) is 0. The highest BCUT2D eigenvalue weighted by atomic mass is 79.9. The number of aromatic nitrogens is 3. The minimum atomic E-state index is -0.261. The first-order chi connectivity index (χ1) is 10.8. The summed E-state index contributed by atoms with van der Waals surface area (Å²) in [6, 6.07) is 17.2. The van der Waals surface area contributed by atoms with Crippen molar-refractivity contribution >= 4 is 21.8 Å². The van der Waals surface area contributed by atoms with Crippen LogP contribution in [0.15, 0.2) is 59.1 Å². The molecule has 3 rings (SSSR count). The predicted octanol–water partition coefficient (Wildman–Crippen LogP) is 3.16. The van der Waals surface area contributed by atoms with Crippen LogP contribution in [0.2, 0.25) is 0 Å². The molecule has 0 aliphatic carbocycles. The van der Waals surface area contributed by atoms with Crippen LogP contribution in [0.25, 0.3) is 11.3 Å². The number of carbonyl (C=O) groups excluding carboxylic acids is 1. The molecular weight excluding hydrogens is 344 g/mol. The molecule has 0 aliphatic heterocycles. The minimum absolute atomic E-state index is 0.261. The predicted molar refractivity (Wildman–Crippen MR) is 87.1 cm³/mol. The van der Waals surface area contributed by atoms with Crippen molar-refractivity contribution in [2.75, 3.05) is 0 Å². The van der Waals surface area contributed by atoms with Gasteiger partial charge in [0, 0.05) is 16.6 Å². The van der Waals surface area contributed by atoms with Crippen LogP contribution < -0.4 is 5.32 Å². The van der Waals surface area contributed by atoms with Gasteiger partial charge in [-0.2, -0.15) is 15.4 Å². The molecule has 0 saturated carbocycles. The van der Waals surface area contributed by atoms with Gasteiger partial charge in [-0.3, -0.25) is 4.79 Å². The van der Waals surface area contributed by atoms with Crippen molar-refractivity contribution in [3.8, 4) is 11.3 Å². The summed E-state index contributed by atoms with van der Waals surface area (Å²) in [6.07, 6.45) is 0. The molecular formula is C16H13BrN4O. The van der Waals surface area contributed by atoms with E-state index in [-0.39, 0.29) is 5.91 Å². The Morgan fingerprint density at radius 3 is 2.55 bits per heavy atom. The van der Waals surface area contributed by atoms with Gasteiger partial charge in [-0.05, 0) is 11.6 Å². The molecule has 0 aliphatic rings. The Labute approximate surface area is 135 Å². The maximum absolute atomic E-state index is 12.3. The first-order valence-corrected chi connectivity index (χ1v) is 7.53. The number of hydrogen-bond acceptors (Lipinski definition) is 3. The highest BCUT2D eigenvalue weighted by Gasteiger charge is 2.17. The molecule has 0 radical (unpaired) electrons. The van der Waals surface area contributed by atoms with Crippen LogP contribution in [0.4, 0.5) is 0 Å². The number of nitrogens with one attached hydrogen (secondary N) is 2. The van der Waals surface area contributed by atoms with Gasteiger partial charge in [0.05, 0.1) is 0 Å². The van der Waals surface area contributed by atoms with Crippen LogP contribution in [0.1, 0.15) is 16.1 Å². The average Bonchev–Trinajstić information content (AvgIpc) is 3.04. The lowest BCUT2D eigenvalue weighted by molar-refractivity contribution is 0.0946. The number of H-pyrrole nitrogens is 1. The molecule has 2 aromatic carbocycles. The van der Waals surface area contributed by atoms with Crippen LogP contribution in [-0.2, 0) is 6.54 Å². The van der Waals surface area contributed by atoms with E-state index in [0.29, 0.717) is 17.9 Å². The Bertz CT molecular complexity index is 786. The molecule has 0 spiro atoms. The van der Waals surface area contributed by atoms with Gasteiger partial charge in [0.15, 0.2) is 5.69 Å². The summed E-state index contributed by atoms with van der Waals surface area (Å²) >= 11 is 3.46. The van der Waals surface area contributed by atoms with Gasteiger partial charge in [-0.1, -0.05) is 64.5 Å². The molecule has 1 amide bonds. The molecule has 0 bridgehead atoms. The fourth-order valence-corrected chi connectivity index (χ4v) is 2.51. The van der Waals surface area contributed by atoms with Crippen molar-refractivity contribution in [2.45, 2.75) is 6.54 Å². The Morgan fingerprint density at radius 1 is 1.05 bits per heavy atom. The van der Waals surface area contributed by atoms with E-state index in [1.54, 1.807) is 0 Å². The number of aromatic amines is 1. The summed E-state index contributed by atoms with van der Waals surface area (Å²) in [5.41, 5.74) is 2.69. The van der Waals surface area contributed by atoms with E-state index in [0.717, 1.165) is 15.6 Å². The maximum Gasteiger partial charge on any atom is 0.274 e. The molecule has 2 N–H and O–H groups in total. The van der Waals surface area contributed by atoms with E-state index >= 15 is 0 Å². The van der Waals surface area contributed by atoms with Gasteiger partial charge >= 0.3 is 0 Å². The lowest BCUT2D eigenvalue weighted by Crippen LogP contribution is -2.24. The zero-order chi connectivity index (χ0) is 15.4. The highest BCUT2D eigenvalue weighted by Crippen LogP contribution is 2.19. The summed E-state index contributed by atoms with van der Waals surface area (Å²) in [4.78, 5) is 12.3. The lowest BCUT2D eigenvalue weighted by atomic mass is 10.1. The Hall–Kier alpha value is -2.47.